The summed E-state index contributed by atoms with van der Waals surface area (Å²) in [4.78, 5) is 4.62. The number of aromatic nitrogens is 5. The van der Waals surface area contributed by atoms with Gasteiger partial charge in [-0.25, -0.2) is 4.98 Å². The lowest BCUT2D eigenvalue weighted by Gasteiger charge is -2.10. The van der Waals surface area contributed by atoms with Gasteiger partial charge >= 0.3 is 0 Å². The second-order valence-corrected chi connectivity index (χ2v) is 5.41. The fraction of sp³-hybridized carbons (Fsp3) is 0.357. The topological polar surface area (TPSA) is 57.8 Å². The maximum absolute atomic E-state index is 6.26. The zero-order valence-electron chi connectivity index (χ0n) is 11.9. The van der Waals surface area contributed by atoms with Crippen molar-refractivity contribution in [2.75, 3.05) is 7.11 Å². The van der Waals surface area contributed by atoms with Gasteiger partial charge in [0.1, 0.15) is 11.6 Å². The molecule has 0 bridgehead atoms. The molecule has 0 amide bonds. The van der Waals surface area contributed by atoms with Gasteiger partial charge in [-0.2, -0.15) is 0 Å². The van der Waals surface area contributed by atoms with E-state index in [1.165, 1.54) is 0 Å². The third-order valence-corrected chi connectivity index (χ3v) is 3.56. The highest BCUT2D eigenvalue weighted by molar-refractivity contribution is 6.20. The normalized spacial score (nSPS) is 12.7. The summed E-state index contributed by atoms with van der Waals surface area (Å²) in [7, 11) is 1.66. The molecule has 0 radical (unpaired) electrons. The number of ether oxygens (including phenoxy) is 1. The SMILES string of the molecule is COc1ccc2nc(C(C)Cl)n(CCn3ccnn3)c2c1. The van der Waals surface area contributed by atoms with Gasteiger partial charge in [-0.1, -0.05) is 5.21 Å². The number of imidazole rings is 1. The Morgan fingerprint density at radius 2 is 2.19 bits per heavy atom. The van der Waals surface area contributed by atoms with Gasteiger partial charge in [0.15, 0.2) is 0 Å². The maximum Gasteiger partial charge on any atom is 0.127 e. The third-order valence-electron chi connectivity index (χ3n) is 3.37. The summed E-state index contributed by atoms with van der Waals surface area (Å²) >= 11 is 6.26. The van der Waals surface area contributed by atoms with E-state index in [0.717, 1.165) is 29.2 Å². The lowest BCUT2D eigenvalue weighted by molar-refractivity contribution is 0.415. The van der Waals surface area contributed by atoms with Crippen molar-refractivity contribution in [1.29, 1.82) is 0 Å². The molecule has 1 atom stereocenters. The summed E-state index contributed by atoms with van der Waals surface area (Å²) in [6.45, 7) is 3.35. The molecule has 0 fully saturated rings. The number of halogens is 1. The maximum atomic E-state index is 6.26. The highest BCUT2D eigenvalue weighted by atomic mass is 35.5. The van der Waals surface area contributed by atoms with Crippen LogP contribution in [0.1, 0.15) is 18.1 Å². The van der Waals surface area contributed by atoms with Gasteiger partial charge in [0.05, 0.1) is 36.3 Å². The highest BCUT2D eigenvalue weighted by Gasteiger charge is 2.15. The number of methoxy groups -OCH3 is 1. The van der Waals surface area contributed by atoms with Gasteiger partial charge in [-0.15, -0.1) is 16.7 Å². The zero-order valence-corrected chi connectivity index (χ0v) is 12.7. The monoisotopic (exact) mass is 305 g/mol. The summed E-state index contributed by atoms with van der Waals surface area (Å²) in [6.07, 6.45) is 3.50. The summed E-state index contributed by atoms with van der Waals surface area (Å²) in [5, 5.41) is 7.62. The predicted molar refractivity (Wildman–Crippen MR) is 80.6 cm³/mol. The minimum Gasteiger partial charge on any atom is -0.497 e. The number of hydrogen-bond donors (Lipinski definition) is 0. The Labute approximate surface area is 127 Å². The van der Waals surface area contributed by atoms with E-state index in [1.807, 2.05) is 31.3 Å². The van der Waals surface area contributed by atoms with Crippen LogP contribution in [-0.4, -0.2) is 31.7 Å². The van der Waals surface area contributed by atoms with Gasteiger partial charge in [-0.05, 0) is 19.1 Å². The van der Waals surface area contributed by atoms with Gasteiger partial charge in [-0.3, -0.25) is 4.68 Å². The molecule has 2 aromatic heterocycles. The van der Waals surface area contributed by atoms with Crippen molar-refractivity contribution in [2.24, 2.45) is 0 Å². The Hall–Kier alpha value is -2.08. The molecule has 1 aromatic carbocycles. The molecular formula is C14H16ClN5O. The van der Waals surface area contributed by atoms with Crippen molar-refractivity contribution in [3.63, 3.8) is 0 Å². The first-order valence-electron chi connectivity index (χ1n) is 6.71. The second kappa shape index (κ2) is 5.73. The molecule has 110 valence electrons. The summed E-state index contributed by atoms with van der Waals surface area (Å²) < 4.78 is 9.19. The van der Waals surface area contributed by atoms with Crippen LogP contribution in [-0.2, 0) is 13.1 Å². The molecule has 0 aliphatic carbocycles. The zero-order chi connectivity index (χ0) is 14.8. The summed E-state index contributed by atoms with van der Waals surface area (Å²) in [6, 6.07) is 5.83. The van der Waals surface area contributed by atoms with E-state index in [2.05, 4.69) is 19.9 Å². The largest absolute Gasteiger partial charge is 0.497 e. The van der Waals surface area contributed by atoms with E-state index < -0.39 is 0 Å². The van der Waals surface area contributed by atoms with Crippen LogP contribution in [0.3, 0.4) is 0 Å². The van der Waals surface area contributed by atoms with Crippen LogP contribution in [0.5, 0.6) is 5.75 Å². The molecule has 3 aromatic rings. The van der Waals surface area contributed by atoms with Crippen LogP contribution in [0.15, 0.2) is 30.6 Å². The fourth-order valence-electron chi connectivity index (χ4n) is 2.34. The van der Waals surface area contributed by atoms with Crippen LogP contribution < -0.4 is 4.74 Å². The Morgan fingerprint density at radius 1 is 1.33 bits per heavy atom. The van der Waals surface area contributed by atoms with E-state index >= 15 is 0 Å². The standard InChI is InChI=1S/C14H16ClN5O/c1-10(15)14-17-12-4-3-11(21-2)9-13(12)20(14)8-7-19-6-5-16-18-19/h3-6,9-10H,7-8H2,1-2H3. The lowest BCUT2D eigenvalue weighted by Crippen LogP contribution is -2.11. The van der Waals surface area contributed by atoms with E-state index in [0.29, 0.717) is 6.54 Å². The van der Waals surface area contributed by atoms with Gasteiger partial charge in [0, 0.05) is 18.8 Å². The number of nitrogens with zero attached hydrogens (tertiary/aromatic N) is 5. The predicted octanol–water partition coefficient (Wildman–Crippen LogP) is 2.64. The molecule has 0 N–H and O–H groups in total. The Bertz CT molecular complexity index is 735. The fourth-order valence-corrected chi connectivity index (χ4v) is 2.51. The Morgan fingerprint density at radius 3 is 2.86 bits per heavy atom. The Kier molecular flexibility index (Phi) is 3.79. The number of aryl methyl sites for hydroxylation is 2. The molecule has 21 heavy (non-hydrogen) atoms. The van der Waals surface area contributed by atoms with Crippen LogP contribution in [0.4, 0.5) is 0 Å². The number of benzene rings is 1. The van der Waals surface area contributed by atoms with Gasteiger partial charge in [0.25, 0.3) is 0 Å². The summed E-state index contributed by atoms with van der Waals surface area (Å²) in [5.74, 6) is 1.65. The molecular weight excluding hydrogens is 290 g/mol. The average Bonchev–Trinajstić information content (AvgIpc) is 3.11. The first kappa shape index (κ1) is 13.9. The molecule has 6 nitrogen and oxygen atoms in total. The lowest BCUT2D eigenvalue weighted by atomic mass is 10.3. The molecule has 0 saturated heterocycles. The van der Waals surface area contributed by atoms with Crippen molar-refractivity contribution in [3.05, 3.63) is 36.4 Å². The molecule has 2 heterocycles. The number of hydrogen-bond acceptors (Lipinski definition) is 4. The van der Waals surface area contributed by atoms with Crippen molar-refractivity contribution in [3.8, 4) is 5.75 Å². The van der Waals surface area contributed by atoms with E-state index in [9.17, 15) is 0 Å². The van der Waals surface area contributed by atoms with E-state index in [4.69, 9.17) is 16.3 Å². The van der Waals surface area contributed by atoms with Crippen LogP contribution >= 0.6 is 11.6 Å². The van der Waals surface area contributed by atoms with Crippen LogP contribution in [0.25, 0.3) is 11.0 Å². The molecule has 0 aliphatic heterocycles. The van der Waals surface area contributed by atoms with Crippen LogP contribution in [0, 0.1) is 0 Å². The minimum atomic E-state index is -0.167. The first-order chi connectivity index (χ1) is 10.2. The number of rotatable bonds is 5. The smallest absolute Gasteiger partial charge is 0.127 e. The molecule has 7 heteroatoms. The van der Waals surface area contributed by atoms with E-state index in [-0.39, 0.29) is 5.38 Å². The van der Waals surface area contributed by atoms with Crippen LogP contribution in [0.2, 0.25) is 0 Å². The minimum absolute atomic E-state index is 0.167. The van der Waals surface area contributed by atoms with Crippen molar-refractivity contribution in [2.45, 2.75) is 25.4 Å². The van der Waals surface area contributed by atoms with E-state index in [1.54, 1.807) is 18.0 Å². The molecule has 0 spiro atoms. The first-order valence-corrected chi connectivity index (χ1v) is 7.15. The molecule has 1 unspecified atom stereocenters. The van der Waals surface area contributed by atoms with Crippen molar-refractivity contribution >= 4 is 22.6 Å². The van der Waals surface area contributed by atoms with Gasteiger partial charge < -0.3 is 9.30 Å². The summed E-state index contributed by atoms with van der Waals surface area (Å²) in [5.41, 5.74) is 1.92. The Balaban J connectivity index is 2.01. The van der Waals surface area contributed by atoms with Crippen molar-refractivity contribution < 1.29 is 4.74 Å². The number of fused-ring (bicyclic) bond motifs is 1. The van der Waals surface area contributed by atoms with Gasteiger partial charge in [0.2, 0.25) is 0 Å². The molecule has 0 saturated carbocycles. The highest BCUT2D eigenvalue weighted by Crippen LogP contribution is 2.27. The number of alkyl halides is 1. The molecule has 3 rings (SSSR count). The molecule has 0 aliphatic rings. The quantitative estimate of drug-likeness (QED) is 0.680. The second-order valence-electron chi connectivity index (χ2n) is 4.76. The average molecular weight is 306 g/mol. The third kappa shape index (κ3) is 2.71. The van der Waals surface area contributed by atoms with Crippen molar-refractivity contribution in [1.82, 2.24) is 24.5 Å².